The third-order valence-corrected chi connectivity index (χ3v) is 3.73. The van der Waals surface area contributed by atoms with Crippen LogP contribution in [0.15, 0.2) is 36.5 Å². The van der Waals surface area contributed by atoms with E-state index < -0.39 is 23.6 Å². The summed E-state index contributed by atoms with van der Waals surface area (Å²) in [7, 11) is 0. The minimum absolute atomic E-state index is 0.0233. The maximum atomic E-state index is 13.4. The second-order valence-corrected chi connectivity index (χ2v) is 5.66. The Morgan fingerprint density at radius 2 is 1.81 bits per heavy atom. The minimum Gasteiger partial charge on any atom is -0.253 e. The average Bonchev–Trinajstić information content (AvgIpc) is 3.19. The number of nitrogens with zero attached hydrogens (tertiary/aromatic N) is 5. The van der Waals surface area contributed by atoms with E-state index in [9.17, 15) is 22.0 Å². The van der Waals surface area contributed by atoms with Crippen molar-refractivity contribution < 1.29 is 22.0 Å². The maximum Gasteiger partial charge on any atom is 0.453 e. The van der Waals surface area contributed by atoms with Crippen molar-refractivity contribution in [2.24, 2.45) is 0 Å². The molecule has 138 valence electrons. The van der Waals surface area contributed by atoms with Crippen LogP contribution in [-0.2, 0) is 12.6 Å². The van der Waals surface area contributed by atoms with E-state index in [2.05, 4.69) is 25.3 Å². The summed E-state index contributed by atoms with van der Waals surface area (Å²) in [5.41, 5.74) is 1.36. The monoisotopic (exact) mass is 380 g/mol. The predicted octanol–water partition coefficient (Wildman–Crippen LogP) is 3.43. The van der Waals surface area contributed by atoms with Crippen molar-refractivity contribution in [3.05, 3.63) is 65.2 Å². The summed E-state index contributed by atoms with van der Waals surface area (Å²) in [5.74, 6) is -3.07. The van der Waals surface area contributed by atoms with Crippen molar-refractivity contribution in [2.75, 3.05) is 0 Å². The second-order valence-electron chi connectivity index (χ2n) is 5.66. The van der Waals surface area contributed by atoms with E-state index in [1.165, 1.54) is 6.20 Å². The van der Waals surface area contributed by atoms with Crippen LogP contribution >= 0.6 is 0 Å². The number of pyridine rings is 1. The Morgan fingerprint density at radius 3 is 2.48 bits per heavy atom. The van der Waals surface area contributed by atoms with E-state index in [-0.39, 0.29) is 12.4 Å². The first-order chi connectivity index (χ1) is 12.8. The van der Waals surface area contributed by atoms with Crippen molar-refractivity contribution in [3.8, 4) is 5.95 Å². The molecule has 0 unspecified atom stereocenters. The SMILES string of the molecule is Fc1cc(F)cc(Cc2nn(-c3nc(C(F)(F)F)n[nH]3)c3cccnc23)c1. The summed E-state index contributed by atoms with van der Waals surface area (Å²) in [6.45, 7) is 0. The van der Waals surface area contributed by atoms with E-state index in [1.54, 1.807) is 12.1 Å². The number of rotatable bonds is 3. The smallest absolute Gasteiger partial charge is 0.253 e. The molecule has 4 aromatic rings. The molecule has 11 heteroatoms. The molecule has 0 spiro atoms. The summed E-state index contributed by atoms with van der Waals surface area (Å²) in [5, 5.41) is 9.55. The molecule has 3 heterocycles. The first kappa shape index (κ1) is 17.1. The summed E-state index contributed by atoms with van der Waals surface area (Å²) in [4.78, 5) is 7.58. The third-order valence-electron chi connectivity index (χ3n) is 3.73. The van der Waals surface area contributed by atoms with Gasteiger partial charge >= 0.3 is 6.18 Å². The van der Waals surface area contributed by atoms with Gasteiger partial charge in [-0.25, -0.2) is 13.9 Å². The normalized spacial score (nSPS) is 12.0. The van der Waals surface area contributed by atoms with Gasteiger partial charge < -0.3 is 0 Å². The summed E-state index contributed by atoms with van der Waals surface area (Å²) < 4.78 is 66.2. The van der Waals surface area contributed by atoms with Gasteiger partial charge in [0.1, 0.15) is 17.2 Å². The van der Waals surface area contributed by atoms with Crippen LogP contribution in [0, 0.1) is 11.6 Å². The van der Waals surface area contributed by atoms with Gasteiger partial charge in [-0.2, -0.15) is 27.9 Å². The van der Waals surface area contributed by atoms with Crippen LogP contribution < -0.4 is 0 Å². The second kappa shape index (κ2) is 6.11. The topological polar surface area (TPSA) is 72.3 Å². The molecular weight excluding hydrogens is 371 g/mol. The number of aromatic amines is 1. The Balaban J connectivity index is 1.80. The number of halogens is 5. The molecule has 0 saturated carbocycles. The van der Waals surface area contributed by atoms with Crippen LogP contribution in [0.1, 0.15) is 17.1 Å². The first-order valence-electron chi connectivity index (χ1n) is 7.59. The van der Waals surface area contributed by atoms with E-state index in [4.69, 9.17) is 0 Å². The number of alkyl halides is 3. The summed E-state index contributed by atoms with van der Waals surface area (Å²) in [6.07, 6.45) is -3.21. The lowest BCUT2D eigenvalue weighted by molar-refractivity contribution is -0.144. The van der Waals surface area contributed by atoms with Crippen LogP contribution in [0.25, 0.3) is 17.0 Å². The molecule has 0 aliphatic heterocycles. The molecule has 1 N–H and O–H groups in total. The highest BCUT2D eigenvalue weighted by molar-refractivity contribution is 5.79. The van der Waals surface area contributed by atoms with Gasteiger partial charge in [0.15, 0.2) is 0 Å². The molecule has 6 nitrogen and oxygen atoms in total. The zero-order valence-corrected chi connectivity index (χ0v) is 13.3. The highest BCUT2D eigenvalue weighted by Gasteiger charge is 2.36. The fraction of sp³-hybridized carbons (Fsp3) is 0.125. The highest BCUT2D eigenvalue weighted by Crippen LogP contribution is 2.27. The van der Waals surface area contributed by atoms with Gasteiger partial charge in [0.05, 0.1) is 11.2 Å². The Morgan fingerprint density at radius 1 is 1.07 bits per heavy atom. The number of hydrogen-bond donors (Lipinski definition) is 1. The van der Waals surface area contributed by atoms with Crippen molar-refractivity contribution in [1.82, 2.24) is 29.9 Å². The predicted molar refractivity (Wildman–Crippen MR) is 83.0 cm³/mol. The van der Waals surface area contributed by atoms with Crippen LogP contribution in [-0.4, -0.2) is 29.9 Å². The maximum absolute atomic E-state index is 13.4. The Bertz CT molecular complexity index is 1110. The molecule has 3 aromatic heterocycles. The lowest BCUT2D eigenvalue weighted by Gasteiger charge is -2.00. The van der Waals surface area contributed by atoms with E-state index in [0.717, 1.165) is 22.9 Å². The van der Waals surface area contributed by atoms with Crippen LogP contribution in [0.4, 0.5) is 22.0 Å². The van der Waals surface area contributed by atoms with E-state index in [1.807, 2.05) is 0 Å². The molecule has 0 fully saturated rings. The first-order valence-corrected chi connectivity index (χ1v) is 7.59. The molecule has 4 rings (SSSR count). The molecule has 0 bridgehead atoms. The lowest BCUT2D eigenvalue weighted by atomic mass is 10.1. The third kappa shape index (κ3) is 3.23. The molecule has 1 aromatic carbocycles. The molecule has 0 radical (unpaired) electrons. The number of benzene rings is 1. The summed E-state index contributed by atoms with van der Waals surface area (Å²) >= 11 is 0. The fourth-order valence-electron chi connectivity index (χ4n) is 2.67. The van der Waals surface area contributed by atoms with Crippen molar-refractivity contribution >= 4 is 11.0 Å². The largest absolute Gasteiger partial charge is 0.453 e. The summed E-state index contributed by atoms with van der Waals surface area (Å²) in [6, 6.07) is 6.19. The molecular formula is C16H9F5N6. The fourth-order valence-corrected chi connectivity index (χ4v) is 2.67. The van der Waals surface area contributed by atoms with Gasteiger partial charge in [0.2, 0.25) is 5.95 Å². The zero-order valence-electron chi connectivity index (χ0n) is 13.3. The van der Waals surface area contributed by atoms with Gasteiger partial charge in [0, 0.05) is 18.7 Å². The van der Waals surface area contributed by atoms with Crippen LogP contribution in [0.2, 0.25) is 0 Å². The van der Waals surface area contributed by atoms with Gasteiger partial charge in [-0.15, -0.1) is 5.10 Å². The lowest BCUT2D eigenvalue weighted by Crippen LogP contribution is -2.08. The number of nitrogens with one attached hydrogen (secondary N) is 1. The molecule has 27 heavy (non-hydrogen) atoms. The van der Waals surface area contributed by atoms with Crippen molar-refractivity contribution in [2.45, 2.75) is 12.6 Å². The van der Waals surface area contributed by atoms with Crippen LogP contribution in [0.5, 0.6) is 0 Å². The molecule has 0 atom stereocenters. The standard InChI is InChI=1S/C16H9F5N6/c17-9-4-8(5-10(18)7-9)6-11-13-12(2-1-3-22-13)27(26-11)15-23-14(24-25-15)16(19,20)21/h1-5,7H,6H2,(H,23,24,25). The average molecular weight is 380 g/mol. The van der Waals surface area contributed by atoms with Gasteiger partial charge in [-0.05, 0) is 29.8 Å². The highest BCUT2D eigenvalue weighted by atomic mass is 19.4. The van der Waals surface area contributed by atoms with E-state index >= 15 is 0 Å². The molecule has 0 amide bonds. The quantitative estimate of drug-likeness (QED) is 0.553. The number of fused-ring (bicyclic) bond motifs is 1. The van der Waals surface area contributed by atoms with Gasteiger partial charge in [-0.1, -0.05) is 0 Å². The number of hydrogen-bond acceptors (Lipinski definition) is 4. The number of H-pyrrole nitrogens is 1. The van der Waals surface area contributed by atoms with Crippen molar-refractivity contribution in [1.29, 1.82) is 0 Å². The molecule has 0 aliphatic rings. The van der Waals surface area contributed by atoms with E-state index in [0.29, 0.717) is 22.3 Å². The number of aromatic nitrogens is 6. The minimum atomic E-state index is -4.71. The van der Waals surface area contributed by atoms with Gasteiger partial charge in [-0.3, -0.25) is 4.98 Å². The molecule has 0 saturated heterocycles. The Labute approximate surface area is 147 Å². The zero-order chi connectivity index (χ0) is 19.2. The molecule has 0 aliphatic carbocycles. The Kier molecular flexibility index (Phi) is 3.86. The van der Waals surface area contributed by atoms with Crippen molar-refractivity contribution in [3.63, 3.8) is 0 Å². The van der Waals surface area contributed by atoms with Crippen LogP contribution in [0.3, 0.4) is 0 Å². The Hall–Kier alpha value is -3.37. The van der Waals surface area contributed by atoms with Gasteiger partial charge in [0.25, 0.3) is 5.82 Å².